The zero-order chi connectivity index (χ0) is 11.9. The molecule has 88 valence electrons. The first-order valence-corrected chi connectivity index (χ1v) is 5.01. The van der Waals surface area contributed by atoms with Gasteiger partial charge in [-0.1, -0.05) is 0 Å². The fraction of sp³-hybridized carbons (Fsp3) is 0.222. The molecular weight excluding hydrogens is 222 g/mol. The van der Waals surface area contributed by atoms with Crippen LogP contribution in [0.4, 0.5) is 11.9 Å². The van der Waals surface area contributed by atoms with Crippen LogP contribution in [0.15, 0.2) is 24.8 Å². The molecule has 2 aromatic rings. The molecule has 0 spiro atoms. The molecule has 1 amide bonds. The largest absolute Gasteiger partial charge is 0.354 e. The van der Waals surface area contributed by atoms with E-state index in [1.807, 2.05) is 0 Å². The Morgan fingerprint density at radius 2 is 2.12 bits per heavy atom. The van der Waals surface area contributed by atoms with E-state index in [9.17, 15) is 4.79 Å². The van der Waals surface area contributed by atoms with Crippen LogP contribution in [0.5, 0.6) is 0 Å². The van der Waals surface area contributed by atoms with E-state index in [-0.39, 0.29) is 5.91 Å². The Morgan fingerprint density at radius 3 is 2.82 bits per heavy atom. The average Bonchev–Trinajstić information content (AvgIpc) is 2.83. The lowest BCUT2D eigenvalue weighted by molar-refractivity contribution is -0.116. The van der Waals surface area contributed by atoms with Gasteiger partial charge >= 0.3 is 0 Å². The van der Waals surface area contributed by atoms with Crippen LogP contribution in [0.1, 0.15) is 6.42 Å². The standard InChI is InChI=1S/C9H11N7O/c17-7(15-9-13-6-14-16-9)2-5-12-8-10-3-1-4-11-8/h1,3-4,6H,2,5H2,(H,10,11,12)(H2,13,14,15,16,17). The lowest BCUT2D eigenvalue weighted by atomic mass is 10.4. The predicted molar refractivity (Wildman–Crippen MR) is 60.2 cm³/mol. The van der Waals surface area contributed by atoms with Gasteiger partial charge in [-0.25, -0.2) is 15.1 Å². The average molecular weight is 233 g/mol. The van der Waals surface area contributed by atoms with Gasteiger partial charge in [0.2, 0.25) is 17.8 Å². The summed E-state index contributed by atoms with van der Waals surface area (Å²) < 4.78 is 0. The number of aromatic amines is 1. The monoisotopic (exact) mass is 233 g/mol. The summed E-state index contributed by atoms with van der Waals surface area (Å²) in [7, 11) is 0. The van der Waals surface area contributed by atoms with Crippen LogP contribution in [0, 0.1) is 0 Å². The molecule has 0 aliphatic carbocycles. The van der Waals surface area contributed by atoms with Crippen LogP contribution >= 0.6 is 0 Å². The number of hydrogen-bond donors (Lipinski definition) is 3. The summed E-state index contributed by atoms with van der Waals surface area (Å²) in [5, 5.41) is 11.6. The highest BCUT2D eigenvalue weighted by Gasteiger charge is 2.03. The Bertz CT molecular complexity index is 455. The van der Waals surface area contributed by atoms with E-state index in [1.165, 1.54) is 6.33 Å². The maximum Gasteiger partial charge on any atom is 0.228 e. The van der Waals surface area contributed by atoms with Crippen molar-refractivity contribution in [1.29, 1.82) is 0 Å². The number of anilines is 2. The molecule has 0 atom stereocenters. The molecule has 3 N–H and O–H groups in total. The Morgan fingerprint density at radius 1 is 1.29 bits per heavy atom. The second kappa shape index (κ2) is 5.54. The smallest absolute Gasteiger partial charge is 0.228 e. The molecule has 0 radical (unpaired) electrons. The van der Waals surface area contributed by atoms with Crippen LogP contribution in [0.25, 0.3) is 0 Å². The Labute approximate surface area is 96.9 Å². The molecule has 0 fully saturated rings. The summed E-state index contributed by atoms with van der Waals surface area (Å²) in [6.45, 7) is 0.448. The molecule has 0 saturated heterocycles. The van der Waals surface area contributed by atoms with Crippen molar-refractivity contribution in [3.63, 3.8) is 0 Å². The number of aromatic nitrogens is 5. The van der Waals surface area contributed by atoms with E-state index < -0.39 is 0 Å². The fourth-order valence-electron chi connectivity index (χ4n) is 1.14. The van der Waals surface area contributed by atoms with Gasteiger partial charge in [-0.05, 0) is 6.07 Å². The third-order valence-corrected chi connectivity index (χ3v) is 1.87. The zero-order valence-electron chi connectivity index (χ0n) is 8.92. The van der Waals surface area contributed by atoms with Gasteiger partial charge < -0.3 is 5.32 Å². The first kappa shape index (κ1) is 11.0. The van der Waals surface area contributed by atoms with Gasteiger partial charge in [-0.2, -0.15) is 10.1 Å². The first-order valence-electron chi connectivity index (χ1n) is 5.01. The summed E-state index contributed by atoms with van der Waals surface area (Å²) in [4.78, 5) is 23.1. The van der Waals surface area contributed by atoms with E-state index in [0.717, 1.165) is 0 Å². The molecule has 0 unspecified atom stereocenters. The van der Waals surface area contributed by atoms with E-state index in [1.54, 1.807) is 18.5 Å². The van der Waals surface area contributed by atoms with Crippen LogP contribution in [0.3, 0.4) is 0 Å². The summed E-state index contributed by atoms with van der Waals surface area (Å²) in [6, 6.07) is 1.72. The molecule has 2 aromatic heterocycles. The predicted octanol–water partition coefficient (Wildman–Crippen LogP) is 0.0354. The highest BCUT2D eigenvalue weighted by atomic mass is 16.1. The van der Waals surface area contributed by atoms with Crippen LogP contribution in [0.2, 0.25) is 0 Å². The number of nitrogens with one attached hydrogen (secondary N) is 3. The normalized spacial score (nSPS) is 9.88. The highest BCUT2D eigenvalue weighted by molar-refractivity contribution is 5.89. The quantitative estimate of drug-likeness (QED) is 0.672. The van der Waals surface area contributed by atoms with E-state index >= 15 is 0 Å². The molecule has 8 heteroatoms. The van der Waals surface area contributed by atoms with Crippen molar-refractivity contribution in [3.8, 4) is 0 Å². The topological polar surface area (TPSA) is 108 Å². The number of amides is 1. The number of hydrogen-bond acceptors (Lipinski definition) is 6. The molecule has 2 heterocycles. The van der Waals surface area contributed by atoms with Crippen molar-refractivity contribution in [2.24, 2.45) is 0 Å². The summed E-state index contributed by atoms with van der Waals surface area (Å²) in [6.07, 6.45) is 4.87. The maximum atomic E-state index is 11.4. The summed E-state index contributed by atoms with van der Waals surface area (Å²) in [5.74, 6) is 0.677. The van der Waals surface area contributed by atoms with Gasteiger partial charge in [0.05, 0.1) is 0 Å². The van der Waals surface area contributed by atoms with Gasteiger partial charge in [-0.3, -0.25) is 10.1 Å². The first-order chi connectivity index (χ1) is 8.34. The fourth-order valence-corrected chi connectivity index (χ4v) is 1.14. The van der Waals surface area contributed by atoms with Crippen LogP contribution in [-0.4, -0.2) is 37.6 Å². The van der Waals surface area contributed by atoms with Crippen molar-refractivity contribution in [1.82, 2.24) is 25.1 Å². The third kappa shape index (κ3) is 3.52. The minimum absolute atomic E-state index is 0.162. The molecule has 2 rings (SSSR count). The second-order valence-corrected chi connectivity index (χ2v) is 3.13. The van der Waals surface area contributed by atoms with Gasteiger partial charge in [0.25, 0.3) is 0 Å². The number of rotatable bonds is 5. The molecule has 0 bridgehead atoms. The van der Waals surface area contributed by atoms with Gasteiger partial charge in [0, 0.05) is 25.4 Å². The van der Waals surface area contributed by atoms with Crippen molar-refractivity contribution >= 4 is 17.8 Å². The van der Waals surface area contributed by atoms with Crippen LogP contribution < -0.4 is 10.6 Å². The van der Waals surface area contributed by atoms with Crippen molar-refractivity contribution in [2.75, 3.05) is 17.2 Å². The van der Waals surface area contributed by atoms with Crippen molar-refractivity contribution < 1.29 is 4.79 Å². The number of carbonyl (C=O) groups is 1. The third-order valence-electron chi connectivity index (χ3n) is 1.87. The Balaban J connectivity index is 1.70. The summed E-state index contributed by atoms with van der Waals surface area (Å²) >= 11 is 0. The Hall–Kier alpha value is -2.51. The van der Waals surface area contributed by atoms with Gasteiger partial charge in [-0.15, -0.1) is 0 Å². The minimum Gasteiger partial charge on any atom is -0.354 e. The molecular formula is C9H11N7O. The molecule has 0 saturated carbocycles. The van der Waals surface area contributed by atoms with E-state index in [2.05, 4.69) is 35.8 Å². The molecule has 0 aliphatic heterocycles. The molecule has 0 aliphatic rings. The van der Waals surface area contributed by atoms with Gasteiger partial charge in [0.15, 0.2) is 0 Å². The number of carbonyl (C=O) groups excluding carboxylic acids is 1. The Kier molecular flexibility index (Phi) is 3.58. The zero-order valence-corrected chi connectivity index (χ0v) is 8.92. The van der Waals surface area contributed by atoms with E-state index in [0.29, 0.717) is 24.9 Å². The second-order valence-electron chi connectivity index (χ2n) is 3.13. The lowest BCUT2D eigenvalue weighted by Gasteiger charge is -2.03. The minimum atomic E-state index is -0.162. The number of nitrogens with zero attached hydrogens (tertiary/aromatic N) is 4. The van der Waals surface area contributed by atoms with Crippen molar-refractivity contribution in [2.45, 2.75) is 6.42 Å². The van der Waals surface area contributed by atoms with Crippen LogP contribution in [-0.2, 0) is 4.79 Å². The lowest BCUT2D eigenvalue weighted by Crippen LogP contribution is -2.17. The number of H-pyrrole nitrogens is 1. The molecule has 8 nitrogen and oxygen atoms in total. The SMILES string of the molecule is O=C(CCNc1ncccn1)Nc1ncn[nH]1. The maximum absolute atomic E-state index is 11.4. The summed E-state index contributed by atoms with van der Waals surface area (Å²) in [5.41, 5.74) is 0. The van der Waals surface area contributed by atoms with E-state index in [4.69, 9.17) is 0 Å². The van der Waals surface area contributed by atoms with Crippen molar-refractivity contribution in [3.05, 3.63) is 24.8 Å². The van der Waals surface area contributed by atoms with Gasteiger partial charge in [0.1, 0.15) is 6.33 Å². The molecule has 0 aromatic carbocycles. The molecule has 17 heavy (non-hydrogen) atoms. The highest BCUT2D eigenvalue weighted by Crippen LogP contribution is 1.96.